The van der Waals surface area contributed by atoms with Crippen LogP contribution in [0.4, 0.5) is 11.9 Å². The monoisotopic (exact) mass is 418 g/mol. The molecule has 1 amide bonds. The molecular formula is C22H20N5O4-. The highest BCUT2D eigenvalue weighted by atomic mass is 16.5. The predicted molar refractivity (Wildman–Crippen MR) is 112 cm³/mol. The average molecular weight is 418 g/mol. The molecule has 2 aromatic carbocycles. The summed E-state index contributed by atoms with van der Waals surface area (Å²) in [6.45, 7) is 0. The maximum absolute atomic E-state index is 12.0. The summed E-state index contributed by atoms with van der Waals surface area (Å²) in [6, 6.07) is 17.1. The number of amides is 1. The lowest BCUT2D eigenvalue weighted by Gasteiger charge is -2.24. The third-order valence-electron chi connectivity index (χ3n) is 4.82. The second kappa shape index (κ2) is 8.70. The zero-order valence-corrected chi connectivity index (χ0v) is 16.7. The number of anilines is 2. The molecule has 1 aliphatic rings. The minimum absolute atomic E-state index is 0.0899. The van der Waals surface area contributed by atoms with Crippen molar-refractivity contribution in [3.8, 4) is 5.75 Å². The summed E-state index contributed by atoms with van der Waals surface area (Å²) < 4.78 is 6.92. The van der Waals surface area contributed by atoms with Gasteiger partial charge in [0.1, 0.15) is 11.8 Å². The first-order valence-electron chi connectivity index (χ1n) is 9.68. The summed E-state index contributed by atoms with van der Waals surface area (Å²) in [5, 5.41) is 20.8. The molecule has 0 spiro atoms. The van der Waals surface area contributed by atoms with Crippen molar-refractivity contribution in [3.05, 3.63) is 71.8 Å². The van der Waals surface area contributed by atoms with Crippen molar-refractivity contribution in [2.45, 2.75) is 18.9 Å². The molecule has 0 fully saturated rings. The Bertz CT molecular complexity index is 1120. The SMILES string of the molecule is COc1ccc([C@H]2C=C(c3ccccc3)Nc3nc(NC(=O)CCC(=O)[O-])nn32)cc1. The number of aliphatic carboxylic acids is 1. The Balaban J connectivity index is 1.66. The molecule has 0 saturated carbocycles. The van der Waals surface area contributed by atoms with Gasteiger partial charge >= 0.3 is 0 Å². The fraction of sp³-hybridized carbons (Fsp3) is 0.182. The largest absolute Gasteiger partial charge is 0.550 e. The molecule has 1 aliphatic heterocycles. The van der Waals surface area contributed by atoms with E-state index in [4.69, 9.17) is 4.74 Å². The molecule has 158 valence electrons. The number of hydrogen-bond donors (Lipinski definition) is 2. The molecule has 31 heavy (non-hydrogen) atoms. The number of ether oxygens (including phenoxy) is 1. The van der Waals surface area contributed by atoms with E-state index in [0.717, 1.165) is 22.6 Å². The molecular weight excluding hydrogens is 398 g/mol. The van der Waals surface area contributed by atoms with Crippen molar-refractivity contribution in [2.75, 3.05) is 17.7 Å². The highest BCUT2D eigenvalue weighted by Crippen LogP contribution is 2.33. The van der Waals surface area contributed by atoms with Gasteiger partial charge in [-0.15, -0.1) is 5.10 Å². The van der Waals surface area contributed by atoms with E-state index in [2.05, 4.69) is 20.7 Å². The Hall–Kier alpha value is -4.14. The molecule has 0 aliphatic carbocycles. The summed E-state index contributed by atoms with van der Waals surface area (Å²) in [5.41, 5.74) is 2.79. The van der Waals surface area contributed by atoms with Crippen molar-refractivity contribution in [2.24, 2.45) is 0 Å². The lowest BCUT2D eigenvalue weighted by molar-refractivity contribution is -0.305. The molecule has 4 rings (SSSR count). The number of carbonyl (C=O) groups excluding carboxylic acids is 2. The molecule has 0 unspecified atom stereocenters. The molecule has 1 atom stereocenters. The summed E-state index contributed by atoms with van der Waals surface area (Å²) in [5.74, 6) is -0.497. The fourth-order valence-electron chi connectivity index (χ4n) is 3.27. The molecule has 3 aromatic rings. The third-order valence-corrected chi connectivity index (χ3v) is 4.82. The molecule has 0 radical (unpaired) electrons. The summed E-state index contributed by atoms with van der Waals surface area (Å²) in [7, 11) is 1.61. The number of allylic oxidation sites excluding steroid dienone is 1. The standard InChI is InChI=1S/C22H21N5O4/c1-31-16-9-7-15(8-10-16)18-13-17(14-5-3-2-4-6-14)23-22-25-21(26-27(18)22)24-19(28)11-12-20(29)30/h2-10,13,18H,11-12H2,1H3,(H,29,30)(H2,23,24,25,26,28)/p-1/t18-/m1/s1. The lowest BCUT2D eigenvalue weighted by Crippen LogP contribution is -2.24. The van der Waals surface area contributed by atoms with Gasteiger partial charge in [0.05, 0.1) is 7.11 Å². The topological polar surface area (TPSA) is 121 Å². The lowest BCUT2D eigenvalue weighted by atomic mass is 10.0. The van der Waals surface area contributed by atoms with Crippen molar-refractivity contribution >= 4 is 29.5 Å². The minimum Gasteiger partial charge on any atom is -0.550 e. The van der Waals surface area contributed by atoms with Gasteiger partial charge in [0.25, 0.3) is 5.95 Å². The zero-order chi connectivity index (χ0) is 21.8. The fourth-order valence-corrected chi connectivity index (χ4v) is 3.27. The van der Waals surface area contributed by atoms with E-state index in [9.17, 15) is 14.7 Å². The number of rotatable bonds is 7. The van der Waals surface area contributed by atoms with E-state index in [1.54, 1.807) is 11.8 Å². The van der Waals surface area contributed by atoms with Crippen LogP contribution in [-0.4, -0.2) is 33.8 Å². The summed E-state index contributed by atoms with van der Waals surface area (Å²) in [6.07, 6.45) is 1.45. The maximum atomic E-state index is 12.0. The Morgan fingerprint density at radius 1 is 1.13 bits per heavy atom. The molecule has 0 bridgehead atoms. The second-order valence-corrected chi connectivity index (χ2v) is 6.91. The highest BCUT2D eigenvalue weighted by Gasteiger charge is 2.25. The molecule has 2 heterocycles. The highest BCUT2D eigenvalue weighted by molar-refractivity contribution is 5.91. The van der Waals surface area contributed by atoms with Crippen LogP contribution >= 0.6 is 0 Å². The molecule has 9 heteroatoms. The number of carboxylic acid groups (broad SMARTS) is 1. The van der Waals surface area contributed by atoms with E-state index in [1.807, 2.05) is 60.7 Å². The van der Waals surface area contributed by atoms with Crippen molar-refractivity contribution in [1.29, 1.82) is 0 Å². The Labute approximate surface area is 178 Å². The van der Waals surface area contributed by atoms with Crippen molar-refractivity contribution in [3.63, 3.8) is 0 Å². The molecule has 9 nitrogen and oxygen atoms in total. The number of nitrogens with one attached hydrogen (secondary N) is 2. The minimum atomic E-state index is -1.29. The van der Waals surface area contributed by atoms with E-state index < -0.39 is 11.9 Å². The van der Waals surface area contributed by atoms with Gasteiger partial charge in [-0.05, 0) is 35.8 Å². The van der Waals surface area contributed by atoms with Crippen molar-refractivity contribution < 1.29 is 19.4 Å². The number of benzene rings is 2. The predicted octanol–water partition coefficient (Wildman–Crippen LogP) is 1.81. The van der Waals surface area contributed by atoms with Crippen LogP contribution in [0.1, 0.15) is 30.0 Å². The third kappa shape index (κ3) is 4.55. The number of fused-ring (bicyclic) bond motifs is 1. The van der Waals surface area contributed by atoms with Gasteiger partial charge in [-0.2, -0.15) is 4.98 Å². The first kappa shape index (κ1) is 20.1. The van der Waals surface area contributed by atoms with Gasteiger partial charge in [0, 0.05) is 18.1 Å². The summed E-state index contributed by atoms with van der Waals surface area (Å²) in [4.78, 5) is 27.0. The number of nitrogens with zero attached hydrogens (tertiary/aromatic N) is 3. The van der Waals surface area contributed by atoms with Gasteiger partial charge in [-0.1, -0.05) is 42.5 Å². The number of hydrogen-bond acceptors (Lipinski definition) is 7. The normalized spacial score (nSPS) is 14.7. The molecule has 0 saturated heterocycles. The smallest absolute Gasteiger partial charge is 0.250 e. The van der Waals surface area contributed by atoms with Gasteiger partial charge in [-0.3, -0.25) is 10.1 Å². The van der Waals surface area contributed by atoms with Crippen LogP contribution < -0.4 is 20.5 Å². The van der Waals surface area contributed by atoms with Crippen LogP contribution in [-0.2, 0) is 9.59 Å². The van der Waals surface area contributed by atoms with Gasteiger partial charge in [0.2, 0.25) is 11.9 Å². The number of methoxy groups -OCH3 is 1. The van der Waals surface area contributed by atoms with Crippen LogP contribution in [0.25, 0.3) is 5.70 Å². The van der Waals surface area contributed by atoms with Crippen molar-refractivity contribution in [1.82, 2.24) is 14.8 Å². The average Bonchev–Trinajstić information content (AvgIpc) is 3.20. The van der Waals surface area contributed by atoms with E-state index in [1.165, 1.54) is 0 Å². The number of carboxylic acids is 1. The first-order valence-corrected chi connectivity index (χ1v) is 9.68. The molecule has 2 N–H and O–H groups in total. The Kier molecular flexibility index (Phi) is 5.65. The quantitative estimate of drug-likeness (QED) is 0.600. The van der Waals surface area contributed by atoms with Crippen LogP contribution in [0, 0.1) is 0 Å². The van der Waals surface area contributed by atoms with Crippen LogP contribution in [0.5, 0.6) is 5.75 Å². The maximum Gasteiger partial charge on any atom is 0.250 e. The van der Waals surface area contributed by atoms with E-state index in [0.29, 0.717) is 5.95 Å². The second-order valence-electron chi connectivity index (χ2n) is 6.91. The first-order chi connectivity index (χ1) is 15.0. The molecule has 1 aromatic heterocycles. The number of aromatic nitrogens is 3. The zero-order valence-electron chi connectivity index (χ0n) is 16.7. The van der Waals surface area contributed by atoms with Gasteiger partial charge in [-0.25, -0.2) is 4.68 Å². The number of carbonyl (C=O) groups is 2. The van der Waals surface area contributed by atoms with Gasteiger partial charge in [0.15, 0.2) is 0 Å². The summed E-state index contributed by atoms with van der Waals surface area (Å²) >= 11 is 0. The van der Waals surface area contributed by atoms with E-state index >= 15 is 0 Å². The van der Waals surface area contributed by atoms with E-state index in [-0.39, 0.29) is 24.8 Å². The van der Waals surface area contributed by atoms with Crippen LogP contribution in [0.3, 0.4) is 0 Å². The Morgan fingerprint density at radius 2 is 1.87 bits per heavy atom. The Morgan fingerprint density at radius 3 is 2.55 bits per heavy atom. The van der Waals surface area contributed by atoms with Gasteiger partial charge < -0.3 is 20.0 Å². The van der Waals surface area contributed by atoms with Crippen LogP contribution in [0.15, 0.2) is 60.7 Å². The van der Waals surface area contributed by atoms with Crippen LogP contribution in [0.2, 0.25) is 0 Å².